The molecule has 2 aliphatic heterocycles. The molecule has 1 aromatic rings. The maximum absolute atomic E-state index is 13.3. The minimum atomic E-state index is -1.39. The molecule has 2 heterocycles. The summed E-state index contributed by atoms with van der Waals surface area (Å²) in [5.74, 6) is -1.11. The lowest BCUT2D eigenvalue weighted by Gasteiger charge is -2.59. The number of aliphatic hydroxyl groups excluding tert-OH is 2. The van der Waals surface area contributed by atoms with Crippen LogP contribution in [0.4, 0.5) is 9.59 Å². The molecule has 5 rings (SSSR count). The summed E-state index contributed by atoms with van der Waals surface area (Å²) in [7, 11) is 3.01. The van der Waals surface area contributed by atoms with Crippen LogP contribution in [0.1, 0.15) is 82.6 Å². The average molecular weight is 714 g/mol. The molecule has 0 radical (unpaired) electrons. The fourth-order valence-corrected chi connectivity index (χ4v) is 8.27. The smallest absolute Gasteiger partial charge is 0.412 e. The fourth-order valence-electron chi connectivity index (χ4n) is 8.27. The van der Waals surface area contributed by atoms with E-state index >= 15 is 0 Å². The molecule has 1 saturated heterocycles. The second-order valence-electron chi connectivity index (χ2n) is 13.7. The number of unbranched alkanes of at least 4 members (excludes halogenated alkanes) is 2. The van der Waals surface area contributed by atoms with Crippen molar-refractivity contribution in [3.63, 3.8) is 0 Å². The highest BCUT2D eigenvalue weighted by atomic mass is 16.8. The van der Waals surface area contributed by atoms with Gasteiger partial charge < -0.3 is 49.0 Å². The van der Waals surface area contributed by atoms with Gasteiger partial charge in [-0.3, -0.25) is 0 Å². The van der Waals surface area contributed by atoms with Crippen molar-refractivity contribution in [2.75, 3.05) is 47.1 Å². The van der Waals surface area contributed by atoms with Gasteiger partial charge in [-0.2, -0.15) is 0 Å². The van der Waals surface area contributed by atoms with Crippen LogP contribution in [0.3, 0.4) is 0 Å². The number of methoxy groups -OCH3 is 1. The normalized spacial score (nSPS) is 28.7. The van der Waals surface area contributed by atoms with Crippen molar-refractivity contribution in [2.45, 2.75) is 95.2 Å². The van der Waals surface area contributed by atoms with Crippen LogP contribution in [-0.2, 0) is 19.0 Å². The lowest BCUT2D eigenvalue weighted by atomic mass is 9.55. The molecule has 51 heavy (non-hydrogen) atoms. The standard InChI is InChI=1S/C38H55N3O10/c1-5-20-48-38-32(41(3)37(45)46-4)24-30(40-51-33-15-9-12-21-47-33)28-22-25(13-7-10-18-42)27(14-8-11-19-43)34(35(28)38)29-23-26(16-17-31(29)50-38)49-36(44)39-6-2/h5,16-17,22-23,25,27,32-35,42-43H,1,6-15,18-21,24H2,2-4H3,(H,39,44). The van der Waals surface area contributed by atoms with E-state index in [1.54, 1.807) is 25.3 Å². The number of oxime groups is 1. The van der Waals surface area contributed by atoms with Crippen molar-refractivity contribution in [1.29, 1.82) is 0 Å². The highest BCUT2D eigenvalue weighted by Gasteiger charge is 2.65. The molecule has 2 aliphatic carbocycles. The first-order valence-electron chi connectivity index (χ1n) is 18.4. The Bertz CT molecular complexity index is 1410. The lowest BCUT2D eigenvalue weighted by Crippen LogP contribution is -2.69. The van der Waals surface area contributed by atoms with Gasteiger partial charge >= 0.3 is 12.2 Å². The van der Waals surface area contributed by atoms with Crippen molar-refractivity contribution in [3.8, 4) is 11.5 Å². The van der Waals surface area contributed by atoms with Crippen LogP contribution < -0.4 is 14.8 Å². The number of benzene rings is 1. The Hall–Kier alpha value is -3.65. The molecule has 0 aromatic heterocycles. The van der Waals surface area contributed by atoms with Crippen molar-refractivity contribution in [3.05, 3.63) is 48.1 Å². The number of ether oxygens (including phenoxy) is 5. The summed E-state index contributed by atoms with van der Waals surface area (Å²) in [6.45, 7) is 7.09. The summed E-state index contributed by atoms with van der Waals surface area (Å²) in [6, 6.07) is 4.66. The topological polar surface area (TPSA) is 158 Å². The van der Waals surface area contributed by atoms with Gasteiger partial charge in [0.2, 0.25) is 12.1 Å². The molecular formula is C38H55N3O10. The molecule has 2 amide bonds. The zero-order valence-corrected chi connectivity index (χ0v) is 30.2. The van der Waals surface area contributed by atoms with Gasteiger partial charge in [0.1, 0.15) is 17.5 Å². The summed E-state index contributed by atoms with van der Waals surface area (Å²) in [6.07, 6.45) is 9.76. The van der Waals surface area contributed by atoms with Crippen molar-refractivity contribution in [2.24, 2.45) is 22.9 Å². The molecule has 3 N–H and O–H groups in total. The largest absolute Gasteiger partial charge is 0.459 e. The van der Waals surface area contributed by atoms with Crippen LogP contribution in [-0.4, -0.2) is 98.3 Å². The summed E-state index contributed by atoms with van der Waals surface area (Å²) < 4.78 is 30.6. The SMILES string of the molecule is C=CCOC12Oc3ccc(OC(=O)NCC)cc3C3C(CCCCO)C(CCCCO)C=C(C(=NOC4CCCCO4)CC1N(C)C(=O)OC)C32. The van der Waals surface area contributed by atoms with Gasteiger partial charge in [0.15, 0.2) is 0 Å². The Labute approximate surface area is 300 Å². The summed E-state index contributed by atoms with van der Waals surface area (Å²) in [5.41, 5.74) is 2.42. The average Bonchev–Trinajstić information content (AvgIpc) is 3.14. The van der Waals surface area contributed by atoms with Gasteiger partial charge in [-0.25, -0.2) is 9.59 Å². The van der Waals surface area contributed by atoms with Crippen LogP contribution in [0.25, 0.3) is 0 Å². The quantitative estimate of drug-likeness (QED) is 0.111. The van der Waals surface area contributed by atoms with E-state index in [0.29, 0.717) is 43.2 Å². The Kier molecular flexibility index (Phi) is 13.8. The number of nitrogens with one attached hydrogen (secondary N) is 1. The van der Waals surface area contributed by atoms with Gasteiger partial charge in [-0.15, -0.1) is 6.58 Å². The Morgan fingerprint density at radius 3 is 2.63 bits per heavy atom. The number of aliphatic hydroxyl groups is 2. The van der Waals surface area contributed by atoms with E-state index in [-0.39, 0.29) is 44.0 Å². The summed E-state index contributed by atoms with van der Waals surface area (Å²) in [4.78, 5) is 33.5. The van der Waals surface area contributed by atoms with E-state index in [9.17, 15) is 19.8 Å². The van der Waals surface area contributed by atoms with Gasteiger partial charge in [0.25, 0.3) is 0 Å². The number of amides is 2. The molecule has 7 unspecified atom stereocenters. The second kappa shape index (κ2) is 18.2. The first-order valence-corrected chi connectivity index (χ1v) is 18.4. The van der Waals surface area contributed by atoms with Gasteiger partial charge in [-0.1, -0.05) is 30.1 Å². The van der Waals surface area contributed by atoms with Crippen LogP contribution in [0.5, 0.6) is 11.5 Å². The molecule has 0 bridgehead atoms. The molecule has 4 aliphatic rings. The van der Waals surface area contributed by atoms with Crippen LogP contribution in [0.2, 0.25) is 0 Å². The van der Waals surface area contributed by atoms with E-state index in [4.69, 9.17) is 33.7 Å². The second-order valence-corrected chi connectivity index (χ2v) is 13.7. The molecule has 2 fully saturated rings. The third-order valence-electron chi connectivity index (χ3n) is 10.5. The number of likely N-dealkylation sites (N-methyl/N-ethyl adjacent to an activating group) is 1. The minimum Gasteiger partial charge on any atom is -0.459 e. The van der Waals surface area contributed by atoms with Crippen LogP contribution in [0, 0.1) is 17.8 Å². The zero-order chi connectivity index (χ0) is 36.4. The third-order valence-corrected chi connectivity index (χ3v) is 10.5. The summed E-state index contributed by atoms with van der Waals surface area (Å²) in [5, 5.41) is 27.0. The van der Waals surface area contributed by atoms with Gasteiger partial charge in [0, 0.05) is 51.1 Å². The monoisotopic (exact) mass is 713 g/mol. The van der Waals surface area contributed by atoms with E-state index < -0.39 is 36.2 Å². The maximum atomic E-state index is 13.3. The highest BCUT2D eigenvalue weighted by Crippen LogP contribution is 2.61. The lowest BCUT2D eigenvalue weighted by molar-refractivity contribution is -0.253. The first kappa shape index (κ1) is 38.6. The molecule has 282 valence electrons. The zero-order valence-electron chi connectivity index (χ0n) is 30.2. The van der Waals surface area contributed by atoms with Crippen molar-refractivity contribution >= 4 is 17.9 Å². The number of hydrogen-bond acceptors (Lipinski definition) is 11. The van der Waals surface area contributed by atoms with Gasteiger partial charge in [0.05, 0.1) is 32.0 Å². The van der Waals surface area contributed by atoms with E-state index in [0.717, 1.165) is 56.1 Å². The van der Waals surface area contributed by atoms with E-state index in [2.05, 4.69) is 18.0 Å². The van der Waals surface area contributed by atoms with Crippen molar-refractivity contribution < 1.29 is 48.3 Å². The number of hydrogen-bond donors (Lipinski definition) is 3. The van der Waals surface area contributed by atoms with Gasteiger partial charge in [-0.05, 0) is 81.1 Å². The predicted molar refractivity (Wildman–Crippen MR) is 190 cm³/mol. The number of carbonyl (C=O) groups excluding carboxylic acids is 2. The minimum absolute atomic E-state index is 0.0316. The molecule has 13 nitrogen and oxygen atoms in total. The molecule has 7 atom stereocenters. The molecule has 0 spiro atoms. The predicted octanol–water partition coefficient (Wildman–Crippen LogP) is 5.65. The number of carbonyl (C=O) groups is 2. The maximum Gasteiger partial charge on any atom is 0.412 e. The Balaban J connectivity index is 1.73. The number of nitrogens with zero attached hydrogens (tertiary/aromatic N) is 2. The summed E-state index contributed by atoms with van der Waals surface area (Å²) >= 11 is 0. The van der Waals surface area contributed by atoms with E-state index in [1.807, 2.05) is 13.0 Å². The van der Waals surface area contributed by atoms with Crippen LogP contribution in [0.15, 0.2) is 47.7 Å². The van der Waals surface area contributed by atoms with Crippen LogP contribution >= 0.6 is 0 Å². The Morgan fingerprint density at radius 2 is 1.94 bits per heavy atom. The van der Waals surface area contributed by atoms with E-state index in [1.165, 1.54) is 12.0 Å². The molecular weight excluding hydrogens is 658 g/mol. The molecule has 1 aromatic carbocycles. The molecule has 1 saturated carbocycles. The van der Waals surface area contributed by atoms with Crippen molar-refractivity contribution in [1.82, 2.24) is 10.2 Å². The molecule has 13 heteroatoms. The number of allylic oxidation sites excluding steroid dienone is 1. The number of fused-ring (bicyclic) bond motifs is 2. The first-order chi connectivity index (χ1) is 24.8. The third kappa shape index (κ3) is 8.54. The fraction of sp³-hybridized carbons (Fsp3) is 0.658. The highest BCUT2D eigenvalue weighted by molar-refractivity contribution is 6.02. The Morgan fingerprint density at radius 1 is 1.16 bits per heavy atom. The number of rotatable bonds is 16.